The second-order valence-corrected chi connectivity index (χ2v) is 11.5. The molecule has 5 rings (SSSR count). The molecule has 1 heterocycles. The summed E-state index contributed by atoms with van der Waals surface area (Å²) < 4.78 is 0. The monoisotopic (exact) mass is 544 g/mol. The Morgan fingerprint density at radius 3 is 2.62 bits per heavy atom. The summed E-state index contributed by atoms with van der Waals surface area (Å²) in [7, 11) is 0. The fourth-order valence-corrected chi connectivity index (χ4v) is 6.80. The molecule has 0 radical (unpaired) electrons. The van der Waals surface area contributed by atoms with E-state index in [-0.39, 0.29) is 42.0 Å². The molecule has 5 N–H and O–H groups in total. The van der Waals surface area contributed by atoms with Crippen molar-refractivity contribution in [1.29, 1.82) is 0 Å². The van der Waals surface area contributed by atoms with Crippen LogP contribution in [0.2, 0.25) is 0 Å². The lowest BCUT2D eigenvalue weighted by Gasteiger charge is -2.45. The number of hydrogen-bond donors (Lipinski definition) is 4. The maximum atomic E-state index is 13.6. The zero-order chi connectivity index (χ0) is 28.8. The van der Waals surface area contributed by atoms with E-state index in [1.807, 2.05) is 6.92 Å². The van der Waals surface area contributed by atoms with Crippen LogP contribution in [0, 0.1) is 18.8 Å². The summed E-state index contributed by atoms with van der Waals surface area (Å²) in [5.41, 5.74) is 7.51. The molecule has 1 saturated heterocycles. The summed E-state index contributed by atoms with van der Waals surface area (Å²) in [5, 5.41) is 32.4. The second-order valence-electron chi connectivity index (χ2n) is 11.5. The van der Waals surface area contributed by atoms with E-state index in [0.29, 0.717) is 6.42 Å². The molecule has 4 aliphatic rings. The van der Waals surface area contributed by atoms with Gasteiger partial charge >= 0.3 is 0 Å². The summed E-state index contributed by atoms with van der Waals surface area (Å²) in [6, 6.07) is 6.33. The first kappa shape index (κ1) is 27.8. The van der Waals surface area contributed by atoms with Crippen molar-refractivity contribution in [3.63, 3.8) is 0 Å². The molecule has 3 atom stereocenters. The fourth-order valence-electron chi connectivity index (χ4n) is 6.80. The Hall–Kier alpha value is -3.75. The number of fused-ring (bicyclic) bond motifs is 2. The average molecular weight is 545 g/mol. The minimum Gasteiger partial charge on any atom is -0.509 e. The molecule has 40 heavy (non-hydrogen) atoms. The van der Waals surface area contributed by atoms with E-state index in [2.05, 4.69) is 29.7 Å². The van der Waals surface area contributed by atoms with E-state index in [1.54, 1.807) is 6.08 Å². The molecule has 210 valence electrons. The van der Waals surface area contributed by atoms with Crippen LogP contribution in [0.3, 0.4) is 0 Å². The number of aryl methyl sites for hydroxylation is 1. The summed E-state index contributed by atoms with van der Waals surface area (Å²) in [4.78, 5) is 40.8. The Morgan fingerprint density at radius 1 is 1.23 bits per heavy atom. The van der Waals surface area contributed by atoms with Crippen molar-refractivity contribution in [1.82, 2.24) is 4.90 Å². The number of hydrogen-bond acceptors (Lipinski definition) is 7. The van der Waals surface area contributed by atoms with Gasteiger partial charge in [-0.15, -0.1) is 0 Å². The van der Waals surface area contributed by atoms with Gasteiger partial charge in [0.15, 0.2) is 11.4 Å². The summed E-state index contributed by atoms with van der Waals surface area (Å²) >= 11 is 0. The molecule has 3 aliphatic carbocycles. The van der Waals surface area contributed by atoms with Gasteiger partial charge < -0.3 is 21.1 Å². The summed E-state index contributed by atoms with van der Waals surface area (Å²) in [5.74, 6) is -4.16. The first-order chi connectivity index (χ1) is 19.0. The van der Waals surface area contributed by atoms with Gasteiger partial charge in [0, 0.05) is 24.5 Å². The lowest BCUT2D eigenvalue weighted by Crippen LogP contribution is -2.56. The van der Waals surface area contributed by atoms with Gasteiger partial charge in [-0.2, -0.15) is 0 Å². The number of primary amides is 1. The zero-order valence-electron chi connectivity index (χ0n) is 22.8. The molecule has 1 amide bonds. The third kappa shape index (κ3) is 4.86. The fraction of sp³-hybridized carbons (Fsp3) is 0.406. The lowest BCUT2D eigenvalue weighted by atomic mass is 9.60. The van der Waals surface area contributed by atoms with Gasteiger partial charge in [-0.3, -0.25) is 19.3 Å². The van der Waals surface area contributed by atoms with Crippen LogP contribution in [0.5, 0.6) is 0 Å². The van der Waals surface area contributed by atoms with Crippen LogP contribution >= 0.6 is 0 Å². The molecule has 0 aromatic heterocycles. The van der Waals surface area contributed by atoms with Crippen molar-refractivity contribution >= 4 is 23.0 Å². The van der Waals surface area contributed by atoms with Crippen molar-refractivity contribution in [2.45, 2.75) is 57.6 Å². The van der Waals surface area contributed by atoms with Crippen LogP contribution in [0.4, 0.5) is 0 Å². The Kier molecular flexibility index (Phi) is 7.42. The minimum atomic E-state index is -2.33. The van der Waals surface area contributed by atoms with Gasteiger partial charge in [0.2, 0.25) is 5.78 Å². The molecular weight excluding hydrogens is 508 g/mol. The predicted molar refractivity (Wildman–Crippen MR) is 151 cm³/mol. The maximum absolute atomic E-state index is 13.6. The van der Waals surface area contributed by atoms with Crippen molar-refractivity contribution in [2.24, 2.45) is 17.6 Å². The number of benzene rings is 1. The molecule has 8 heteroatoms. The quantitative estimate of drug-likeness (QED) is 0.242. The highest BCUT2D eigenvalue weighted by atomic mass is 16.3. The summed E-state index contributed by atoms with van der Waals surface area (Å²) in [6.07, 6.45) is 7.99. The number of ketones is 2. The highest BCUT2D eigenvalue weighted by Crippen LogP contribution is 2.51. The number of nitrogens with zero attached hydrogens (tertiary/aromatic N) is 1. The molecule has 1 aromatic carbocycles. The molecular formula is C32H36N2O6. The van der Waals surface area contributed by atoms with E-state index in [0.717, 1.165) is 47.5 Å². The topological polar surface area (TPSA) is 141 Å². The number of aliphatic hydroxyl groups excluding tert-OH is 2. The molecule has 1 aromatic rings. The Balaban J connectivity index is 1.55. The van der Waals surface area contributed by atoms with Gasteiger partial charge in [-0.25, -0.2) is 0 Å². The highest BCUT2D eigenvalue weighted by Gasteiger charge is 2.57. The molecule has 1 saturated carbocycles. The third-order valence-electron chi connectivity index (χ3n) is 8.83. The van der Waals surface area contributed by atoms with E-state index >= 15 is 0 Å². The van der Waals surface area contributed by atoms with Crippen LogP contribution in [-0.4, -0.2) is 56.4 Å². The van der Waals surface area contributed by atoms with Gasteiger partial charge in [0.1, 0.15) is 11.5 Å². The normalized spacial score (nSPS) is 28.4. The number of amides is 1. The van der Waals surface area contributed by atoms with Crippen molar-refractivity contribution in [3.05, 3.63) is 87.9 Å². The van der Waals surface area contributed by atoms with Crippen LogP contribution in [0.1, 0.15) is 55.2 Å². The van der Waals surface area contributed by atoms with Crippen molar-refractivity contribution in [3.8, 4) is 0 Å². The molecule has 0 bridgehead atoms. The number of likely N-dealkylation sites (tertiary alicyclic amines) is 1. The molecule has 8 nitrogen and oxygen atoms in total. The Morgan fingerprint density at radius 2 is 1.95 bits per heavy atom. The predicted octanol–water partition coefficient (Wildman–Crippen LogP) is 3.90. The second kappa shape index (κ2) is 10.7. The number of Topliss-reactive ketones (excluding diaryl/α,β-unsaturated/α-hetero) is 2. The minimum absolute atomic E-state index is 0.0171. The number of aliphatic hydroxyl groups is 3. The van der Waals surface area contributed by atoms with Crippen LogP contribution in [-0.2, 0) is 20.9 Å². The van der Waals surface area contributed by atoms with E-state index in [9.17, 15) is 29.7 Å². The zero-order valence-corrected chi connectivity index (χ0v) is 22.8. The number of rotatable bonds is 6. The summed E-state index contributed by atoms with van der Waals surface area (Å²) in [6.45, 7) is 8.57. The standard InChI is InChI=1S/C32H36N2O6/c1-18-5-7-20(17-34-11-3-4-12-34)13-26(18)24(9-6-19(2)35)21-14-22-15-23-8-10-25(31(33)39)29(37)32(23,40)30(38)28(22)27(36)16-21/h5-7,9-10,13,22-23,35,38,40H,2-4,8,11-12,14-17H2,1H3,(H2,33,39)/b9-6-,24-21+/t22?,23-,32-/m1/s1. The molecule has 1 unspecified atom stereocenters. The van der Waals surface area contributed by atoms with Crippen LogP contribution < -0.4 is 5.73 Å². The number of allylic oxidation sites excluding steroid dienone is 6. The maximum Gasteiger partial charge on any atom is 0.252 e. The molecule has 2 fully saturated rings. The van der Waals surface area contributed by atoms with Crippen LogP contribution in [0.25, 0.3) is 5.57 Å². The smallest absolute Gasteiger partial charge is 0.252 e. The number of carbonyl (C=O) groups is 3. The van der Waals surface area contributed by atoms with Crippen LogP contribution in [0.15, 0.2) is 71.2 Å². The van der Waals surface area contributed by atoms with Crippen molar-refractivity contribution in [2.75, 3.05) is 13.1 Å². The average Bonchev–Trinajstić information content (AvgIpc) is 3.40. The first-order valence-electron chi connectivity index (χ1n) is 13.8. The SMILES string of the molecule is C=C(O)/C=C\C(=C1/CC(=O)C2=C(O)[C@]3(O)C(=O)C(C(N)=O)=CC[C@@H]3CC2C1)c1cc(CN2CCCC2)ccc1C. The van der Waals surface area contributed by atoms with Gasteiger partial charge in [0.25, 0.3) is 5.91 Å². The molecule has 0 spiro atoms. The van der Waals surface area contributed by atoms with Crippen molar-refractivity contribution < 1.29 is 29.7 Å². The number of nitrogens with two attached hydrogens (primary N) is 1. The first-order valence-corrected chi connectivity index (χ1v) is 13.8. The number of carbonyl (C=O) groups excluding carboxylic acids is 3. The van der Waals surface area contributed by atoms with Gasteiger partial charge in [-0.1, -0.05) is 36.4 Å². The Labute approximate surface area is 233 Å². The van der Waals surface area contributed by atoms with Gasteiger partial charge in [0.05, 0.1) is 5.57 Å². The van der Waals surface area contributed by atoms with Gasteiger partial charge in [-0.05, 0) is 92.4 Å². The van der Waals surface area contributed by atoms with E-state index < -0.39 is 34.9 Å². The largest absolute Gasteiger partial charge is 0.509 e. The third-order valence-corrected chi connectivity index (χ3v) is 8.83. The lowest BCUT2D eigenvalue weighted by molar-refractivity contribution is -0.143. The van der Waals surface area contributed by atoms with E-state index in [4.69, 9.17) is 5.73 Å². The Bertz CT molecular complexity index is 1420. The highest BCUT2D eigenvalue weighted by molar-refractivity contribution is 6.23. The molecule has 1 aliphatic heterocycles. The van der Waals surface area contributed by atoms with E-state index in [1.165, 1.54) is 25.0 Å².